The van der Waals surface area contributed by atoms with Crippen LogP contribution in [-0.2, 0) is 0 Å². The molecule has 0 bridgehead atoms. The Morgan fingerprint density at radius 3 is 2.18 bits per heavy atom. The summed E-state index contributed by atoms with van der Waals surface area (Å²) in [5.74, 6) is 0.290. The highest BCUT2D eigenvalue weighted by Gasteiger charge is 2.49. The van der Waals surface area contributed by atoms with Crippen molar-refractivity contribution in [1.82, 2.24) is 0 Å². The molecule has 0 aromatic carbocycles. The van der Waals surface area contributed by atoms with Gasteiger partial charge in [0.05, 0.1) is 12.2 Å². The molecule has 1 rings (SSSR count). The van der Waals surface area contributed by atoms with Crippen LogP contribution in [0, 0.1) is 16.7 Å². The first-order valence-corrected chi connectivity index (χ1v) is 7.00. The van der Waals surface area contributed by atoms with E-state index in [9.17, 15) is 10.2 Å². The summed E-state index contributed by atoms with van der Waals surface area (Å²) >= 11 is 0. The molecule has 0 amide bonds. The highest BCUT2D eigenvalue weighted by atomic mass is 16.3. The van der Waals surface area contributed by atoms with Crippen molar-refractivity contribution < 1.29 is 10.2 Å². The topological polar surface area (TPSA) is 40.5 Å². The largest absolute Gasteiger partial charge is 0.396 e. The van der Waals surface area contributed by atoms with Gasteiger partial charge in [-0.1, -0.05) is 41.0 Å². The number of hydrogen-bond acceptors (Lipinski definition) is 2. The van der Waals surface area contributed by atoms with Crippen molar-refractivity contribution in [2.75, 3.05) is 6.61 Å². The minimum absolute atomic E-state index is 0.0710. The second-order valence-electron chi connectivity index (χ2n) is 7.28. The number of aliphatic hydroxyl groups is 2. The highest BCUT2D eigenvalue weighted by Crippen LogP contribution is 2.48. The molecular formula is C15H30O2. The average molecular weight is 242 g/mol. The van der Waals surface area contributed by atoms with Crippen LogP contribution in [0.2, 0.25) is 0 Å². The predicted molar refractivity (Wildman–Crippen MR) is 71.8 cm³/mol. The Bertz CT molecular complexity index is 260. The van der Waals surface area contributed by atoms with E-state index in [1.807, 2.05) is 6.92 Å². The summed E-state index contributed by atoms with van der Waals surface area (Å²) in [6.45, 7) is 10.9. The smallest absolute Gasteiger partial charge is 0.0725 e. The molecule has 1 aliphatic rings. The van der Waals surface area contributed by atoms with Crippen LogP contribution < -0.4 is 0 Å². The van der Waals surface area contributed by atoms with Crippen LogP contribution in [0.25, 0.3) is 0 Å². The minimum Gasteiger partial charge on any atom is -0.396 e. The highest BCUT2D eigenvalue weighted by molar-refractivity contribution is 5.00. The number of aliphatic hydroxyl groups excluding tert-OH is 1. The maximum atomic E-state index is 11.0. The number of hydrogen-bond donors (Lipinski definition) is 2. The van der Waals surface area contributed by atoms with Crippen molar-refractivity contribution in [3.8, 4) is 0 Å². The van der Waals surface area contributed by atoms with Crippen LogP contribution in [0.15, 0.2) is 0 Å². The van der Waals surface area contributed by atoms with E-state index in [2.05, 4.69) is 27.7 Å². The first kappa shape index (κ1) is 15.0. The van der Waals surface area contributed by atoms with Crippen LogP contribution >= 0.6 is 0 Å². The first-order valence-electron chi connectivity index (χ1n) is 7.00. The fourth-order valence-corrected chi connectivity index (χ4v) is 3.09. The van der Waals surface area contributed by atoms with Gasteiger partial charge in [0.25, 0.3) is 0 Å². The molecule has 1 saturated carbocycles. The Kier molecular flexibility index (Phi) is 4.31. The van der Waals surface area contributed by atoms with Crippen molar-refractivity contribution >= 4 is 0 Å². The van der Waals surface area contributed by atoms with Gasteiger partial charge in [0.15, 0.2) is 0 Å². The molecule has 0 spiro atoms. The van der Waals surface area contributed by atoms with Crippen LogP contribution in [-0.4, -0.2) is 22.4 Å². The van der Waals surface area contributed by atoms with Gasteiger partial charge in [-0.25, -0.2) is 0 Å². The normalized spacial score (nSPS) is 33.2. The van der Waals surface area contributed by atoms with E-state index in [0.29, 0.717) is 11.3 Å². The van der Waals surface area contributed by atoms with E-state index in [1.54, 1.807) is 0 Å². The van der Waals surface area contributed by atoms with Crippen molar-refractivity contribution in [3.05, 3.63) is 0 Å². The summed E-state index contributed by atoms with van der Waals surface area (Å²) in [5.41, 5.74) is -0.755. The Labute approximate surface area is 106 Å². The van der Waals surface area contributed by atoms with E-state index in [0.717, 1.165) is 25.7 Å². The molecule has 0 aromatic rings. The van der Waals surface area contributed by atoms with Crippen LogP contribution in [0.1, 0.15) is 66.7 Å². The zero-order valence-corrected chi connectivity index (χ0v) is 12.2. The fraction of sp³-hybridized carbons (Fsp3) is 1.00. The monoisotopic (exact) mass is 242 g/mol. The van der Waals surface area contributed by atoms with Gasteiger partial charge in [-0.2, -0.15) is 0 Å². The van der Waals surface area contributed by atoms with Crippen molar-refractivity contribution in [3.63, 3.8) is 0 Å². The molecule has 2 nitrogen and oxygen atoms in total. The zero-order chi connectivity index (χ0) is 13.3. The first-order chi connectivity index (χ1) is 7.67. The molecule has 0 aromatic heterocycles. The molecule has 2 heteroatoms. The summed E-state index contributed by atoms with van der Waals surface area (Å²) in [7, 11) is 0. The molecule has 0 heterocycles. The molecule has 1 aliphatic carbocycles. The molecule has 102 valence electrons. The Morgan fingerprint density at radius 1 is 1.12 bits per heavy atom. The van der Waals surface area contributed by atoms with Gasteiger partial charge >= 0.3 is 0 Å². The number of rotatable bonds is 3. The second-order valence-corrected chi connectivity index (χ2v) is 7.28. The molecule has 2 N–H and O–H groups in total. The maximum Gasteiger partial charge on any atom is 0.0725 e. The quantitative estimate of drug-likeness (QED) is 0.745. The summed E-state index contributed by atoms with van der Waals surface area (Å²) in [5, 5.41) is 20.7. The lowest BCUT2D eigenvalue weighted by Crippen LogP contribution is -2.51. The summed E-state index contributed by atoms with van der Waals surface area (Å²) in [4.78, 5) is 0. The Balaban J connectivity index is 2.93. The van der Waals surface area contributed by atoms with Gasteiger partial charge in [0.1, 0.15) is 0 Å². The van der Waals surface area contributed by atoms with Crippen molar-refractivity contribution in [2.24, 2.45) is 16.7 Å². The zero-order valence-electron chi connectivity index (χ0n) is 12.2. The molecule has 0 radical (unpaired) electrons. The molecule has 1 fully saturated rings. The van der Waals surface area contributed by atoms with Gasteiger partial charge in [-0.3, -0.25) is 0 Å². The molecule has 0 aliphatic heterocycles. The van der Waals surface area contributed by atoms with E-state index in [4.69, 9.17) is 0 Å². The van der Waals surface area contributed by atoms with E-state index >= 15 is 0 Å². The standard InChI is InChI=1S/C15H30O2/c1-12(2)14(5,11-16)15(17)8-6-7-13(3,4)9-10-15/h12,16-17H,6-11H2,1-5H3. The van der Waals surface area contributed by atoms with Crippen LogP contribution in [0.3, 0.4) is 0 Å². The van der Waals surface area contributed by atoms with Gasteiger partial charge in [0.2, 0.25) is 0 Å². The third kappa shape index (κ3) is 2.85. The summed E-state index contributed by atoms with van der Waals surface area (Å²) in [6.07, 6.45) is 4.92. The predicted octanol–water partition coefficient (Wildman–Crippen LogP) is 3.36. The van der Waals surface area contributed by atoms with Crippen molar-refractivity contribution in [2.45, 2.75) is 72.3 Å². The van der Waals surface area contributed by atoms with Crippen molar-refractivity contribution in [1.29, 1.82) is 0 Å². The summed E-state index contributed by atoms with van der Waals surface area (Å²) in [6, 6.07) is 0. The van der Waals surface area contributed by atoms with Gasteiger partial charge in [0, 0.05) is 5.41 Å². The second kappa shape index (κ2) is 4.89. The van der Waals surface area contributed by atoms with Crippen LogP contribution in [0.4, 0.5) is 0 Å². The van der Waals surface area contributed by atoms with E-state index < -0.39 is 5.60 Å². The lowest BCUT2D eigenvalue weighted by atomic mass is 9.63. The van der Waals surface area contributed by atoms with E-state index in [-0.39, 0.29) is 12.0 Å². The molecule has 17 heavy (non-hydrogen) atoms. The Hall–Kier alpha value is -0.0800. The molecule has 0 saturated heterocycles. The van der Waals surface area contributed by atoms with Gasteiger partial charge in [-0.05, 0) is 37.0 Å². The minimum atomic E-state index is -0.705. The average Bonchev–Trinajstić information content (AvgIpc) is 2.37. The Morgan fingerprint density at radius 2 is 1.71 bits per heavy atom. The SMILES string of the molecule is CC(C)C(C)(CO)C1(O)CCCC(C)(C)CC1. The lowest BCUT2D eigenvalue weighted by Gasteiger charge is -2.47. The van der Waals surface area contributed by atoms with Crippen LogP contribution in [0.5, 0.6) is 0 Å². The lowest BCUT2D eigenvalue weighted by molar-refractivity contribution is -0.133. The van der Waals surface area contributed by atoms with Gasteiger partial charge < -0.3 is 10.2 Å². The fourth-order valence-electron chi connectivity index (χ4n) is 3.09. The van der Waals surface area contributed by atoms with Gasteiger partial charge in [-0.15, -0.1) is 0 Å². The molecule has 2 unspecified atom stereocenters. The maximum absolute atomic E-state index is 11.0. The third-order valence-electron chi connectivity index (χ3n) is 5.33. The third-order valence-corrected chi connectivity index (χ3v) is 5.33. The van der Waals surface area contributed by atoms with E-state index in [1.165, 1.54) is 6.42 Å². The summed E-state index contributed by atoms with van der Waals surface area (Å²) < 4.78 is 0. The molecule has 2 atom stereocenters. The molecular weight excluding hydrogens is 212 g/mol.